The summed E-state index contributed by atoms with van der Waals surface area (Å²) in [7, 11) is 0. The van der Waals surface area contributed by atoms with E-state index in [-0.39, 0.29) is 12.6 Å². The second-order valence-corrected chi connectivity index (χ2v) is 9.05. The van der Waals surface area contributed by atoms with Crippen LogP contribution in [0.5, 0.6) is 11.5 Å². The maximum Gasteiger partial charge on any atom is 0.323 e. The maximum absolute atomic E-state index is 12.5. The van der Waals surface area contributed by atoms with Gasteiger partial charge in [0.05, 0.1) is 12.1 Å². The number of anilines is 2. The van der Waals surface area contributed by atoms with Crippen molar-refractivity contribution < 1.29 is 14.6 Å². The van der Waals surface area contributed by atoms with Crippen LogP contribution in [0.15, 0.2) is 79.0 Å². The number of ether oxygens (including phenoxy) is 1. The molecule has 8 heteroatoms. The number of amides is 2. The Morgan fingerprint density at radius 3 is 2.53 bits per heavy atom. The summed E-state index contributed by atoms with van der Waals surface area (Å²) in [6.45, 7) is 3.09. The molecular weight excluding hydrogens is 454 g/mol. The van der Waals surface area contributed by atoms with Crippen LogP contribution in [0.25, 0.3) is 10.9 Å². The summed E-state index contributed by atoms with van der Waals surface area (Å²) in [6.07, 6.45) is 5.26. The van der Waals surface area contributed by atoms with Gasteiger partial charge in [-0.3, -0.25) is 9.58 Å². The minimum Gasteiger partial charge on any atom is -0.457 e. The monoisotopic (exact) mass is 485 g/mol. The quantitative estimate of drug-likeness (QED) is 0.298. The van der Waals surface area contributed by atoms with Crippen molar-refractivity contribution >= 4 is 28.3 Å². The number of urea groups is 1. The van der Waals surface area contributed by atoms with Crippen LogP contribution in [0, 0.1) is 0 Å². The van der Waals surface area contributed by atoms with Crippen molar-refractivity contribution in [3.05, 3.63) is 79.0 Å². The number of rotatable bonds is 9. The van der Waals surface area contributed by atoms with Gasteiger partial charge in [0.15, 0.2) is 0 Å². The predicted molar refractivity (Wildman–Crippen MR) is 142 cm³/mol. The summed E-state index contributed by atoms with van der Waals surface area (Å²) < 4.78 is 7.74. The van der Waals surface area contributed by atoms with Crippen molar-refractivity contribution in [2.45, 2.75) is 31.8 Å². The minimum atomic E-state index is -0.324. The SMILES string of the molecule is O=C(Nc1ccc(Oc2ccccc2)cc1)Nc1ccc2cn(CCCN3CCC[C@H]3CO)nc2c1. The molecule has 0 unspecified atom stereocenters. The molecule has 1 saturated heterocycles. The topological polar surface area (TPSA) is 91.7 Å². The van der Waals surface area contributed by atoms with E-state index < -0.39 is 0 Å². The van der Waals surface area contributed by atoms with E-state index in [2.05, 4.69) is 20.6 Å². The lowest BCUT2D eigenvalue weighted by Gasteiger charge is -2.22. The normalized spacial score (nSPS) is 15.8. The molecule has 0 saturated carbocycles. The molecule has 1 aliphatic rings. The first-order valence-corrected chi connectivity index (χ1v) is 12.4. The van der Waals surface area contributed by atoms with Gasteiger partial charge in [0.25, 0.3) is 0 Å². The molecule has 1 aliphatic heterocycles. The number of aliphatic hydroxyl groups excluding tert-OH is 1. The Bertz CT molecular complexity index is 1290. The molecule has 0 bridgehead atoms. The second-order valence-electron chi connectivity index (χ2n) is 9.05. The number of likely N-dealkylation sites (tertiary alicyclic amines) is 1. The Labute approximate surface area is 210 Å². The van der Waals surface area contributed by atoms with Crippen LogP contribution >= 0.6 is 0 Å². The Kier molecular flexibility index (Phi) is 7.44. The lowest BCUT2D eigenvalue weighted by molar-refractivity contribution is 0.156. The molecule has 4 aromatic rings. The van der Waals surface area contributed by atoms with Gasteiger partial charge in [-0.05, 0) is 80.4 Å². The fourth-order valence-corrected chi connectivity index (χ4v) is 4.62. The first-order valence-electron chi connectivity index (χ1n) is 12.4. The number of hydrogen-bond acceptors (Lipinski definition) is 5. The molecule has 3 aromatic carbocycles. The van der Waals surface area contributed by atoms with Gasteiger partial charge in [-0.2, -0.15) is 5.10 Å². The molecule has 1 fully saturated rings. The standard InChI is InChI=1S/C28H31N5O3/c34-20-24-6-4-15-32(24)16-5-17-33-19-21-9-10-23(18-27(21)31-33)30-28(35)29-22-11-13-26(14-12-22)36-25-7-2-1-3-8-25/h1-3,7-14,18-19,24,34H,4-6,15-17,20H2,(H2,29,30,35)/t24-/m0/s1. The van der Waals surface area contributed by atoms with Gasteiger partial charge in [0.1, 0.15) is 11.5 Å². The largest absolute Gasteiger partial charge is 0.457 e. The third-order valence-corrected chi connectivity index (χ3v) is 6.45. The van der Waals surface area contributed by atoms with Crippen molar-refractivity contribution in [1.29, 1.82) is 0 Å². The van der Waals surface area contributed by atoms with Gasteiger partial charge >= 0.3 is 6.03 Å². The van der Waals surface area contributed by atoms with Crippen molar-refractivity contribution in [2.75, 3.05) is 30.3 Å². The molecule has 8 nitrogen and oxygen atoms in total. The molecular formula is C28H31N5O3. The molecule has 0 aliphatic carbocycles. The highest BCUT2D eigenvalue weighted by atomic mass is 16.5. The molecule has 186 valence electrons. The fraction of sp³-hybridized carbons (Fsp3) is 0.286. The average molecular weight is 486 g/mol. The summed E-state index contributed by atoms with van der Waals surface area (Å²) in [4.78, 5) is 14.9. The van der Waals surface area contributed by atoms with Gasteiger partial charge in [0, 0.05) is 42.1 Å². The number of aryl methyl sites for hydroxylation is 1. The second kappa shape index (κ2) is 11.2. The number of fused-ring (bicyclic) bond motifs is 1. The Morgan fingerprint density at radius 1 is 0.972 bits per heavy atom. The molecule has 2 amide bonds. The first kappa shape index (κ1) is 23.8. The third-order valence-electron chi connectivity index (χ3n) is 6.45. The van der Waals surface area contributed by atoms with Gasteiger partial charge in [-0.1, -0.05) is 18.2 Å². The Morgan fingerprint density at radius 2 is 1.72 bits per heavy atom. The van der Waals surface area contributed by atoms with E-state index in [1.165, 1.54) is 0 Å². The Balaban J connectivity index is 1.13. The van der Waals surface area contributed by atoms with Gasteiger partial charge in [-0.25, -0.2) is 4.79 Å². The number of carbonyl (C=O) groups is 1. The highest BCUT2D eigenvalue weighted by Gasteiger charge is 2.22. The molecule has 0 radical (unpaired) electrons. The van der Waals surface area contributed by atoms with Crippen molar-refractivity contribution in [2.24, 2.45) is 0 Å². The van der Waals surface area contributed by atoms with Crippen LogP contribution in [-0.2, 0) is 6.54 Å². The number of benzene rings is 3. The van der Waals surface area contributed by atoms with E-state index in [0.717, 1.165) is 55.5 Å². The van der Waals surface area contributed by atoms with Crippen molar-refractivity contribution in [3.63, 3.8) is 0 Å². The van der Waals surface area contributed by atoms with E-state index in [9.17, 15) is 9.90 Å². The smallest absolute Gasteiger partial charge is 0.323 e. The lowest BCUT2D eigenvalue weighted by Crippen LogP contribution is -2.33. The number of carbonyl (C=O) groups excluding carboxylic acids is 1. The van der Waals surface area contributed by atoms with Crippen molar-refractivity contribution in [1.82, 2.24) is 14.7 Å². The van der Waals surface area contributed by atoms with Crippen LogP contribution in [0.4, 0.5) is 16.2 Å². The Hall–Kier alpha value is -3.88. The van der Waals surface area contributed by atoms with Gasteiger partial charge in [-0.15, -0.1) is 0 Å². The molecule has 2 heterocycles. The number of para-hydroxylation sites is 1. The van der Waals surface area contributed by atoms with E-state index >= 15 is 0 Å². The third kappa shape index (κ3) is 6.02. The zero-order chi connectivity index (χ0) is 24.7. The summed E-state index contributed by atoms with van der Waals surface area (Å²) in [6, 6.07) is 22.5. The van der Waals surface area contributed by atoms with E-state index in [4.69, 9.17) is 4.74 Å². The summed E-state index contributed by atoms with van der Waals surface area (Å²) in [5.74, 6) is 1.46. The first-order chi connectivity index (χ1) is 17.7. The molecule has 3 N–H and O–H groups in total. The highest BCUT2D eigenvalue weighted by molar-refractivity contribution is 6.00. The summed E-state index contributed by atoms with van der Waals surface area (Å²) in [5, 5.41) is 20.9. The maximum atomic E-state index is 12.5. The van der Waals surface area contributed by atoms with Gasteiger partial charge in [0.2, 0.25) is 0 Å². The van der Waals surface area contributed by atoms with E-state index in [1.54, 1.807) is 12.1 Å². The van der Waals surface area contributed by atoms with Crippen LogP contribution in [0.3, 0.4) is 0 Å². The number of aliphatic hydroxyl groups is 1. The summed E-state index contributed by atoms with van der Waals surface area (Å²) in [5.41, 5.74) is 2.18. The minimum absolute atomic E-state index is 0.239. The van der Waals surface area contributed by atoms with E-state index in [1.807, 2.05) is 71.5 Å². The van der Waals surface area contributed by atoms with Gasteiger partial charge < -0.3 is 20.5 Å². The van der Waals surface area contributed by atoms with Crippen LogP contribution in [-0.4, -0.2) is 51.6 Å². The molecule has 1 aromatic heterocycles. The molecule has 5 rings (SSSR count). The zero-order valence-corrected chi connectivity index (χ0v) is 20.1. The number of nitrogens with zero attached hydrogens (tertiary/aromatic N) is 3. The van der Waals surface area contributed by atoms with Crippen LogP contribution in [0.2, 0.25) is 0 Å². The van der Waals surface area contributed by atoms with Crippen LogP contribution in [0.1, 0.15) is 19.3 Å². The summed E-state index contributed by atoms with van der Waals surface area (Å²) >= 11 is 0. The molecule has 1 atom stereocenters. The van der Waals surface area contributed by atoms with Crippen LogP contribution < -0.4 is 15.4 Å². The number of nitrogens with one attached hydrogen (secondary N) is 2. The predicted octanol–water partition coefficient (Wildman–Crippen LogP) is 5.32. The number of hydrogen-bond donors (Lipinski definition) is 3. The highest BCUT2D eigenvalue weighted by Crippen LogP contribution is 2.23. The number of aromatic nitrogens is 2. The van der Waals surface area contributed by atoms with E-state index in [0.29, 0.717) is 23.2 Å². The molecule has 36 heavy (non-hydrogen) atoms. The van der Waals surface area contributed by atoms with Crippen molar-refractivity contribution in [3.8, 4) is 11.5 Å². The lowest BCUT2D eigenvalue weighted by atomic mass is 10.2. The molecule has 0 spiro atoms. The average Bonchev–Trinajstić information content (AvgIpc) is 3.52. The zero-order valence-electron chi connectivity index (χ0n) is 20.1. The fourth-order valence-electron chi connectivity index (χ4n) is 4.62.